The van der Waals surface area contributed by atoms with Gasteiger partial charge in [0.15, 0.2) is 0 Å². The molecule has 2 aliphatic heterocycles. The van der Waals surface area contributed by atoms with Crippen molar-refractivity contribution < 1.29 is 9.59 Å². The Morgan fingerprint density at radius 3 is 1.96 bits per heavy atom. The van der Waals surface area contributed by atoms with E-state index in [1.165, 1.54) is 27.3 Å². The van der Waals surface area contributed by atoms with Crippen molar-refractivity contribution in [3.05, 3.63) is 33.6 Å². The van der Waals surface area contributed by atoms with E-state index in [2.05, 4.69) is 39.0 Å². The molecule has 1 aromatic rings. The van der Waals surface area contributed by atoms with E-state index in [1.54, 1.807) is 11.8 Å². The lowest BCUT2D eigenvalue weighted by Crippen LogP contribution is -2.40. The van der Waals surface area contributed by atoms with E-state index in [0.717, 1.165) is 14.0 Å². The largest absolute Gasteiger partial charge is 0.279 e. The number of nitrogens with zero attached hydrogens (tertiary/aromatic N) is 2. The highest BCUT2D eigenvalue weighted by atomic mass is 32.2. The second kappa shape index (κ2) is 6.15. The monoisotopic (exact) mass is 362 g/mol. The molecule has 1 aromatic carbocycles. The van der Waals surface area contributed by atoms with Crippen LogP contribution in [-0.2, 0) is 15.0 Å². The van der Waals surface area contributed by atoms with E-state index in [-0.39, 0.29) is 17.2 Å². The summed E-state index contributed by atoms with van der Waals surface area (Å²) in [6.45, 7) is 11.3. The Morgan fingerprint density at radius 1 is 0.917 bits per heavy atom. The fourth-order valence-electron chi connectivity index (χ4n) is 2.83. The lowest BCUT2D eigenvalue weighted by Gasteiger charge is -2.24. The van der Waals surface area contributed by atoms with Crippen molar-refractivity contribution in [2.75, 3.05) is 13.1 Å². The molecule has 2 aliphatic rings. The van der Waals surface area contributed by atoms with Crippen molar-refractivity contribution >= 4 is 35.3 Å². The number of carbonyl (C=O) groups is 2. The molecule has 2 heterocycles. The standard InChI is InChI=1S/C18H22N2O2S2/c1-6-19-15(21)14(16(22)20(19)7-2)17-23-12-9-8-11(18(3,4)5)10-13(12)24-17/h8-10H,6-7H2,1-5H3. The highest BCUT2D eigenvalue weighted by molar-refractivity contribution is 8.24. The van der Waals surface area contributed by atoms with Crippen LogP contribution in [0.4, 0.5) is 0 Å². The topological polar surface area (TPSA) is 40.6 Å². The molecule has 3 rings (SSSR count). The second-order valence-electron chi connectivity index (χ2n) is 6.82. The third-order valence-electron chi connectivity index (χ3n) is 4.21. The summed E-state index contributed by atoms with van der Waals surface area (Å²) in [6.07, 6.45) is 0. The van der Waals surface area contributed by atoms with Crippen molar-refractivity contribution in [1.29, 1.82) is 0 Å². The molecule has 24 heavy (non-hydrogen) atoms. The molecule has 2 amide bonds. The van der Waals surface area contributed by atoms with E-state index < -0.39 is 0 Å². The average molecular weight is 363 g/mol. The third-order valence-corrected chi connectivity index (χ3v) is 6.75. The second-order valence-corrected chi connectivity index (χ2v) is 9.18. The Hall–Kier alpha value is -1.40. The number of amides is 2. The van der Waals surface area contributed by atoms with Gasteiger partial charge in [0.25, 0.3) is 11.8 Å². The van der Waals surface area contributed by atoms with Crippen molar-refractivity contribution in [3.8, 4) is 0 Å². The van der Waals surface area contributed by atoms with Crippen LogP contribution in [0.25, 0.3) is 0 Å². The molecule has 0 N–H and O–H groups in total. The molecular formula is C18H22N2O2S2. The lowest BCUT2D eigenvalue weighted by molar-refractivity contribution is -0.145. The van der Waals surface area contributed by atoms with E-state index in [0.29, 0.717) is 18.7 Å². The molecular weight excluding hydrogens is 340 g/mol. The average Bonchev–Trinajstić information content (AvgIpc) is 3.03. The highest BCUT2D eigenvalue weighted by Crippen LogP contribution is 2.53. The van der Waals surface area contributed by atoms with Crippen LogP contribution in [0.2, 0.25) is 0 Å². The summed E-state index contributed by atoms with van der Waals surface area (Å²) >= 11 is 3.08. The zero-order valence-corrected chi connectivity index (χ0v) is 16.3. The van der Waals surface area contributed by atoms with Gasteiger partial charge in [0.2, 0.25) is 0 Å². The summed E-state index contributed by atoms with van der Waals surface area (Å²) in [5.74, 6) is -0.355. The van der Waals surface area contributed by atoms with Gasteiger partial charge in [-0.2, -0.15) is 0 Å². The predicted octanol–water partition coefficient (Wildman–Crippen LogP) is 4.02. The third kappa shape index (κ3) is 2.75. The number of fused-ring (bicyclic) bond motifs is 1. The Labute approximate surface area is 151 Å². The minimum Gasteiger partial charge on any atom is -0.267 e. The van der Waals surface area contributed by atoms with Crippen molar-refractivity contribution in [2.45, 2.75) is 49.8 Å². The van der Waals surface area contributed by atoms with Crippen LogP contribution in [-0.4, -0.2) is 34.9 Å². The van der Waals surface area contributed by atoms with Crippen molar-refractivity contribution in [1.82, 2.24) is 10.0 Å². The predicted molar refractivity (Wildman–Crippen MR) is 98.7 cm³/mol. The van der Waals surface area contributed by atoms with Crippen molar-refractivity contribution in [2.24, 2.45) is 0 Å². The van der Waals surface area contributed by atoms with Gasteiger partial charge >= 0.3 is 0 Å². The molecule has 0 atom stereocenters. The fraction of sp³-hybridized carbons (Fsp3) is 0.444. The molecule has 0 spiro atoms. The number of carbonyl (C=O) groups excluding carboxylic acids is 2. The summed E-state index contributed by atoms with van der Waals surface area (Å²) in [7, 11) is 0. The maximum absolute atomic E-state index is 12.7. The van der Waals surface area contributed by atoms with Crippen molar-refractivity contribution in [3.63, 3.8) is 0 Å². The van der Waals surface area contributed by atoms with Crippen LogP contribution in [0.5, 0.6) is 0 Å². The summed E-state index contributed by atoms with van der Waals surface area (Å²) in [6, 6.07) is 6.41. The first-order chi connectivity index (χ1) is 11.3. The Morgan fingerprint density at radius 2 is 1.46 bits per heavy atom. The number of benzene rings is 1. The van der Waals surface area contributed by atoms with E-state index in [4.69, 9.17) is 0 Å². The van der Waals surface area contributed by atoms with Gasteiger partial charge in [0.1, 0.15) is 5.57 Å². The molecule has 1 saturated heterocycles. The minimum absolute atomic E-state index is 0.0766. The minimum atomic E-state index is -0.178. The summed E-state index contributed by atoms with van der Waals surface area (Å²) in [4.78, 5) is 27.6. The van der Waals surface area contributed by atoms with Crippen LogP contribution in [0.1, 0.15) is 40.2 Å². The molecule has 0 radical (unpaired) electrons. The van der Waals surface area contributed by atoms with Gasteiger partial charge in [-0.25, -0.2) is 10.0 Å². The SMILES string of the molecule is CCN1C(=O)C(=C2Sc3ccc(C(C)(C)C)cc3S2)C(=O)N1CC. The number of thioether (sulfide) groups is 2. The number of hydrogen-bond donors (Lipinski definition) is 0. The van der Waals surface area contributed by atoms with E-state index >= 15 is 0 Å². The molecule has 0 aliphatic carbocycles. The zero-order valence-electron chi connectivity index (χ0n) is 14.7. The first-order valence-corrected chi connectivity index (χ1v) is 9.79. The molecule has 0 aromatic heterocycles. The van der Waals surface area contributed by atoms with Crippen LogP contribution >= 0.6 is 23.5 Å². The molecule has 0 saturated carbocycles. The van der Waals surface area contributed by atoms with Gasteiger partial charge in [-0.05, 0) is 37.0 Å². The smallest absolute Gasteiger partial charge is 0.267 e. The van der Waals surface area contributed by atoms with Gasteiger partial charge in [-0.3, -0.25) is 9.59 Å². The zero-order chi connectivity index (χ0) is 17.6. The molecule has 0 unspecified atom stereocenters. The first-order valence-electron chi connectivity index (χ1n) is 8.16. The first kappa shape index (κ1) is 17.4. The van der Waals surface area contributed by atoms with Gasteiger partial charge < -0.3 is 0 Å². The van der Waals surface area contributed by atoms with Crippen LogP contribution in [0.3, 0.4) is 0 Å². The summed E-state index contributed by atoms with van der Waals surface area (Å²) < 4.78 is 0.806. The Bertz CT molecular complexity index is 726. The Kier molecular flexibility index (Phi) is 4.47. The van der Waals surface area contributed by atoms with Crippen LogP contribution < -0.4 is 0 Å². The van der Waals surface area contributed by atoms with Gasteiger partial charge in [-0.1, -0.05) is 50.4 Å². The van der Waals surface area contributed by atoms with Gasteiger partial charge in [0.05, 0.1) is 4.24 Å². The molecule has 4 nitrogen and oxygen atoms in total. The van der Waals surface area contributed by atoms with Crippen LogP contribution in [0.15, 0.2) is 37.8 Å². The fourth-order valence-corrected chi connectivity index (χ4v) is 5.39. The Balaban J connectivity index is 1.98. The molecule has 6 heteroatoms. The molecule has 0 bridgehead atoms. The quantitative estimate of drug-likeness (QED) is 0.588. The van der Waals surface area contributed by atoms with Gasteiger partial charge in [-0.15, -0.1) is 0 Å². The normalized spacial score (nSPS) is 18.0. The maximum atomic E-state index is 12.7. The number of rotatable bonds is 2. The molecule has 128 valence electrons. The van der Waals surface area contributed by atoms with E-state index in [1.807, 2.05) is 13.8 Å². The number of hydrogen-bond acceptors (Lipinski definition) is 4. The maximum Gasteiger partial charge on any atom is 0.279 e. The lowest BCUT2D eigenvalue weighted by atomic mass is 9.87. The molecule has 1 fully saturated rings. The highest BCUT2D eigenvalue weighted by Gasteiger charge is 2.42. The summed E-state index contributed by atoms with van der Waals surface area (Å²) in [5.41, 5.74) is 1.66. The van der Waals surface area contributed by atoms with E-state index in [9.17, 15) is 9.59 Å². The number of likely N-dealkylation sites (N-methyl/N-ethyl adjacent to an activating group) is 2. The van der Waals surface area contributed by atoms with Gasteiger partial charge in [0, 0.05) is 22.9 Å². The van der Waals surface area contributed by atoms with Crippen LogP contribution in [0, 0.1) is 0 Å². The number of hydrazine groups is 1. The summed E-state index contributed by atoms with van der Waals surface area (Å²) in [5, 5.41) is 3.07.